The predicted molar refractivity (Wildman–Crippen MR) is 72.0 cm³/mol. The van der Waals surface area contributed by atoms with Gasteiger partial charge in [-0.1, -0.05) is 57.0 Å². The number of hydrogen-bond acceptors (Lipinski definition) is 2. The van der Waals surface area contributed by atoms with Crippen molar-refractivity contribution in [2.24, 2.45) is 0 Å². The van der Waals surface area contributed by atoms with Crippen molar-refractivity contribution in [1.82, 2.24) is 0 Å². The fourth-order valence-corrected chi connectivity index (χ4v) is 4.65. The van der Waals surface area contributed by atoms with Crippen molar-refractivity contribution in [3.8, 4) is 0 Å². The summed E-state index contributed by atoms with van der Waals surface area (Å²) >= 11 is -0.995. The second-order valence-electron chi connectivity index (χ2n) is 4.48. The quantitative estimate of drug-likeness (QED) is 0.397. The van der Waals surface area contributed by atoms with Crippen LogP contribution in [0.5, 0.6) is 0 Å². The van der Waals surface area contributed by atoms with Crippen LogP contribution in [0.25, 0.3) is 0 Å². The van der Waals surface area contributed by atoms with Crippen LogP contribution >= 0.6 is 0 Å². The van der Waals surface area contributed by atoms with E-state index in [1.54, 1.807) is 0 Å². The molecule has 0 spiro atoms. The van der Waals surface area contributed by atoms with Gasteiger partial charge in [-0.2, -0.15) is 0 Å². The summed E-state index contributed by atoms with van der Waals surface area (Å²) < 4.78 is 11.7. The maximum atomic E-state index is 6.07. The lowest BCUT2D eigenvalue weighted by Gasteiger charge is -2.19. The first-order chi connectivity index (χ1) is 7.74. The Kier molecular flexibility index (Phi) is 12.3. The van der Waals surface area contributed by atoms with Gasteiger partial charge in [0.15, 0.2) is 0 Å². The molecular formula is C13H29AlO2. The van der Waals surface area contributed by atoms with Crippen LogP contribution in [0, 0.1) is 0 Å². The first kappa shape index (κ1) is 16.5. The number of ether oxygens (including phenoxy) is 1. The lowest BCUT2D eigenvalue weighted by molar-refractivity contribution is -0.0695. The molecule has 0 saturated heterocycles. The molecule has 2 nitrogen and oxygen atoms in total. The van der Waals surface area contributed by atoms with Crippen molar-refractivity contribution in [3.63, 3.8) is 0 Å². The van der Waals surface area contributed by atoms with Gasteiger partial charge < -0.3 is 8.53 Å². The molecular weight excluding hydrogens is 215 g/mol. The Morgan fingerprint density at radius 3 is 1.94 bits per heavy atom. The normalized spacial score (nSPS) is 12.8. The molecule has 0 aliphatic rings. The third kappa shape index (κ3) is 9.66. The average molecular weight is 244 g/mol. The Labute approximate surface area is 106 Å². The summed E-state index contributed by atoms with van der Waals surface area (Å²) in [7, 11) is 0. The summed E-state index contributed by atoms with van der Waals surface area (Å²) in [4.78, 5) is 0. The molecule has 0 radical (unpaired) electrons. The van der Waals surface area contributed by atoms with E-state index in [-0.39, 0.29) is 6.29 Å². The molecule has 0 aliphatic heterocycles. The minimum absolute atomic E-state index is 0.0188. The summed E-state index contributed by atoms with van der Waals surface area (Å²) in [5.41, 5.74) is 0. The number of rotatable bonds is 11. The van der Waals surface area contributed by atoms with E-state index in [2.05, 4.69) is 20.8 Å². The van der Waals surface area contributed by atoms with Gasteiger partial charge in [-0.3, -0.25) is 0 Å². The first-order valence-corrected chi connectivity index (χ1v) is 9.12. The Morgan fingerprint density at radius 2 is 1.50 bits per heavy atom. The van der Waals surface area contributed by atoms with Crippen molar-refractivity contribution in [2.75, 3.05) is 6.61 Å². The highest BCUT2D eigenvalue weighted by Crippen LogP contribution is 2.13. The third-order valence-electron chi connectivity index (χ3n) is 2.70. The Morgan fingerprint density at radius 1 is 0.938 bits per heavy atom. The van der Waals surface area contributed by atoms with Gasteiger partial charge in [0.05, 0.1) is 0 Å². The van der Waals surface area contributed by atoms with Crippen LogP contribution in [-0.2, 0) is 8.53 Å². The molecule has 0 aromatic carbocycles. The lowest BCUT2D eigenvalue weighted by Crippen LogP contribution is -2.26. The predicted octanol–water partition coefficient (Wildman–Crippen LogP) is 4.37. The standard InChI is InChI=1S/C5H11O2.2C4H9.Al/c1-3-4-7-5(2)6;2*1-3-4-2;/h5H,3-4H2,1-2H3;2*1,3-4H2,2H3;/q-1;;;+1. The van der Waals surface area contributed by atoms with Gasteiger partial charge in [0.2, 0.25) is 0 Å². The van der Waals surface area contributed by atoms with Gasteiger partial charge in [-0.15, -0.1) is 0 Å². The molecule has 3 heteroatoms. The molecule has 1 unspecified atom stereocenters. The first-order valence-electron chi connectivity index (χ1n) is 7.01. The number of unbranched alkanes of at least 4 members (excludes halogenated alkanes) is 2. The van der Waals surface area contributed by atoms with E-state index in [4.69, 9.17) is 8.53 Å². The van der Waals surface area contributed by atoms with Gasteiger partial charge in [0.1, 0.15) is 6.29 Å². The maximum absolute atomic E-state index is 6.07. The summed E-state index contributed by atoms with van der Waals surface area (Å²) in [5, 5.41) is 2.63. The monoisotopic (exact) mass is 244 g/mol. The van der Waals surface area contributed by atoms with Crippen LogP contribution in [0.1, 0.15) is 59.8 Å². The molecule has 0 fully saturated rings. The molecule has 96 valence electrons. The van der Waals surface area contributed by atoms with Gasteiger partial charge in [-0.25, -0.2) is 0 Å². The summed E-state index contributed by atoms with van der Waals surface area (Å²) in [5.74, 6) is 0. The average Bonchev–Trinajstić information content (AvgIpc) is 2.30. The highest BCUT2D eigenvalue weighted by atomic mass is 27.2. The SMILES string of the molecule is CCC[CH2][Al]([CH2]CCC)[O]C(C)OCCC. The lowest BCUT2D eigenvalue weighted by atomic mass is 10.4. The minimum atomic E-state index is -0.995. The largest absolute Gasteiger partial charge is 0.478 e. The second kappa shape index (κ2) is 11.9. The van der Waals surface area contributed by atoms with Crippen LogP contribution < -0.4 is 0 Å². The third-order valence-corrected chi connectivity index (χ3v) is 5.57. The van der Waals surface area contributed by atoms with Gasteiger partial charge in [-0.05, 0) is 13.3 Å². The van der Waals surface area contributed by atoms with Gasteiger partial charge >= 0.3 is 14.5 Å². The summed E-state index contributed by atoms with van der Waals surface area (Å²) in [6, 6.07) is 0. The van der Waals surface area contributed by atoms with E-state index < -0.39 is 14.5 Å². The molecule has 0 bridgehead atoms. The molecule has 0 aliphatic carbocycles. The molecule has 0 amide bonds. The van der Waals surface area contributed by atoms with Crippen LogP contribution in [0.15, 0.2) is 0 Å². The van der Waals surface area contributed by atoms with Crippen molar-refractivity contribution < 1.29 is 8.53 Å². The van der Waals surface area contributed by atoms with Crippen LogP contribution in [-0.4, -0.2) is 27.4 Å². The second-order valence-corrected chi connectivity index (χ2v) is 7.15. The molecule has 0 heterocycles. The van der Waals surface area contributed by atoms with E-state index in [1.165, 1.54) is 36.2 Å². The van der Waals surface area contributed by atoms with E-state index in [1.807, 2.05) is 6.92 Å². The molecule has 0 aromatic rings. The van der Waals surface area contributed by atoms with E-state index in [9.17, 15) is 0 Å². The fraction of sp³-hybridized carbons (Fsp3) is 1.00. The van der Waals surface area contributed by atoms with E-state index in [0.717, 1.165) is 13.0 Å². The van der Waals surface area contributed by atoms with Gasteiger partial charge in [0.25, 0.3) is 0 Å². The summed E-state index contributed by atoms with van der Waals surface area (Å²) in [6.07, 6.45) is 6.30. The Bertz CT molecular complexity index is 134. The molecule has 0 aromatic heterocycles. The molecule has 0 saturated carbocycles. The smallest absolute Gasteiger partial charge is 0.462 e. The van der Waals surface area contributed by atoms with E-state index in [0.29, 0.717) is 0 Å². The number of hydrogen-bond donors (Lipinski definition) is 0. The minimum Gasteiger partial charge on any atom is -0.478 e. The Balaban J connectivity index is 3.78. The highest BCUT2D eigenvalue weighted by Gasteiger charge is 2.21. The van der Waals surface area contributed by atoms with Gasteiger partial charge in [0, 0.05) is 6.61 Å². The van der Waals surface area contributed by atoms with Crippen LogP contribution in [0.4, 0.5) is 0 Å². The topological polar surface area (TPSA) is 18.5 Å². The zero-order valence-electron chi connectivity index (χ0n) is 11.6. The van der Waals surface area contributed by atoms with Crippen LogP contribution in [0.3, 0.4) is 0 Å². The Hall–Kier alpha value is 0.452. The zero-order chi connectivity index (χ0) is 12.2. The van der Waals surface area contributed by atoms with Crippen molar-refractivity contribution in [3.05, 3.63) is 0 Å². The van der Waals surface area contributed by atoms with Crippen LogP contribution in [0.2, 0.25) is 10.6 Å². The van der Waals surface area contributed by atoms with Crippen molar-refractivity contribution >= 4 is 14.5 Å². The highest BCUT2D eigenvalue weighted by molar-refractivity contribution is 6.51. The molecule has 0 N–H and O–H groups in total. The van der Waals surface area contributed by atoms with E-state index >= 15 is 0 Å². The molecule has 1 atom stereocenters. The molecule has 16 heavy (non-hydrogen) atoms. The molecule has 0 rings (SSSR count). The summed E-state index contributed by atoms with van der Waals surface area (Å²) in [6.45, 7) is 9.51. The fourth-order valence-electron chi connectivity index (χ4n) is 1.74. The zero-order valence-corrected chi connectivity index (χ0v) is 12.8. The van der Waals surface area contributed by atoms with Crippen molar-refractivity contribution in [2.45, 2.75) is 76.7 Å². The maximum Gasteiger partial charge on any atom is 0.462 e. The van der Waals surface area contributed by atoms with Crippen molar-refractivity contribution in [1.29, 1.82) is 0 Å².